The molecule has 2 aliphatic rings. The number of hydrogen-bond donors (Lipinski definition) is 0. The van der Waals surface area contributed by atoms with Crippen LogP contribution in [0.15, 0.2) is 68.5 Å². The van der Waals surface area contributed by atoms with E-state index in [9.17, 15) is 20.4 Å². The zero-order chi connectivity index (χ0) is 65.9. The smallest absolute Gasteiger partial charge is 0.872 e. The van der Waals surface area contributed by atoms with Crippen molar-refractivity contribution in [3.8, 4) is 23.0 Å². The zero-order valence-corrected chi connectivity index (χ0v) is 60.1. The number of rotatable bonds is 8. The van der Waals surface area contributed by atoms with Gasteiger partial charge in [-0.2, -0.15) is 0 Å². The number of benzene rings is 4. The molecule has 0 heterocycles. The van der Waals surface area contributed by atoms with Crippen LogP contribution in [0.4, 0.5) is 0 Å². The Morgan fingerprint density at radius 1 is 0.307 bits per heavy atom. The van der Waals surface area contributed by atoms with Crippen molar-refractivity contribution in [1.82, 2.24) is 0 Å². The molecule has 2 saturated carbocycles. The minimum absolute atomic E-state index is 0. The van der Waals surface area contributed by atoms with Gasteiger partial charge < -0.3 is 42.6 Å². The maximum absolute atomic E-state index is 13.5. The van der Waals surface area contributed by atoms with Crippen LogP contribution in [0.1, 0.15) is 284 Å². The first kappa shape index (κ1) is 80.4. The molecule has 6 rings (SSSR count). The van der Waals surface area contributed by atoms with E-state index >= 15 is 0 Å². The Balaban J connectivity index is 0.000000791. The largest absolute Gasteiger partial charge is 3.00 e. The number of aliphatic imine (C=N–C) groups is 4. The molecule has 0 spiro atoms. The molecule has 0 aromatic heterocycles. The van der Waals surface area contributed by atoms with Gasteiger partial charge in [0.15, 0.2) is 0 Å². The summed E-state index contributed by atoms with van der Waals surface area (Å²) < 4.78 is 0. The van der Waals surface area contributed by atoms with Crippen molar-refractivity contribution < 1.29 is 54.6 Å². The Kier molecular flexibility index (Phi) is 29.2. The molecule has 0 radical (unpaired) electrons. The average Bonchev–Trinajstić information content (AvgIpc) is 1.42. The van der Waals surface area contributed by atoms with Crippen molar-refractivity contribution in [3.63, 3.8) is 0 Å². The summed E-state index contributed by atoms with van der Waals surface area (Å²) in [6.07, 6.45) is 15.3. The van der Waals surface area contributed by atoms with Crippen molar-refractivity contribution in [1.29, 1.82) is 0 Å². The zero-order valence-electron chi connectivity index (χ0n) is 57.8. The van der Waals surface area contributed by atoms with E-state index in [2.05, 4.69) is 190 Å². The van der Waals surface area contributed by atoms with Crippen LogP contribution in [0.5, 0.6) is 23.0 Å². The van der Waals surface area contributed by atoms with E-state index in [4.69, 9.17) is 42.1 Å². The summed E-state index contributed by atoms with van der Waals surface area (Å²) in [5, 5.41) is 53.9. The summed E-state index contributed by atoms with van der Waals surface area (Å²) in [6.45, 7) is 51.2. The Bertz CT molecular complexity index is 2740. The van der Waals surface area contributed by atoms with E-state index in [-0.39, 0.29) is 125 Å². The average molecular weight is 1280 g/mol. The van der Waals surface area contributed by atoms with Gasteiger partial charge in [0.05, 0.1) is 24.2 Å². The molecule has 0 N–H and O–H groups in total. The molecule has 4 aromatic carbocycles. The molecule has 0 aliphatic heterocycles. The summed E-state index contributed by atoms with van der Waals surface area (Å²) in [5.74, 6) is 0.240. The van der Waals surface area contributed by atoms with E-state index in [0.717, 1.165) is 95.9 Å². The standard InChI is InChI=1S/2C36H54N2O2.2Mn.2N3/c2*1-33(2,3)25-17-23(31(39)27(19-25)35(7,8)9)21-37-29-15-13-14-16-30(29)38-22-24-18-26(34(4,5)6)20-28(32(24)40)36(10,11)12;;;2*1-3-2/h2*17-22,29-30,39-40H,13-16H2,1-12H3;;;;/q;;2*+3;2*-1/p-4/t2*29-,30-;;;;/m11..../s1. The molecular weight excluding hydrogens is 1180 g/mol. The van der Waals surface area contributed by atoms with Gasteiger partial charge in [0, 0.05) is 24.9 Å². The first-order valence-electron chi connectivity index (χ1n) is 30.8. The maximum Gasteiger partial charge on any atom is 3.00 e. The fourth-order valence-electron chi connectivity index (χ4n) is 10.5. The van der Waals surface area contributed by atoms with Gasteiger partial charge in [0.1, 0.15) is 0 Å². The Morgan fingerprint density at radius 3 is 0.580 bits per heavy atom. The Hall–Kier alpha value is -5.58. The molecule has 2 fully saturated rings. The fourth-order valence-corrected chi connectivity index (χ4v) is 10.5. The van der Waals surface area contributed by atoms with E-state index in [1.165, 1.54) is 9.82 Å². The van der Waals surface area contributed by atoms with Gasteiger partial charge >= 0.3 is 34.1 Å². The first-order chi connectivity index (χ1) is 39.2. The van der Waals surface area contributed by atoms with Crippen molar-refractivity contribution in [2.45, 2.75) is 285 Å². The third-order valence-corrected chi connectivity index (χ3v) is 16.2. The van der Waals surface area contributed by atoms with Gasteiger partial charge in [0.2, 0.25) is 0 Å². The minimum Gasteiger partial charge on any atom is -0.872 e. The van der Waals surface area contributed by atoms with Crippen LogP contribution < -0.4 is 20.4 Å². The molecule has 16 heteroatoms. The molecule has 480 valence electrons. The molecule has 2 aliphatic carbocycles. The predicted octanol–water partition coefficient (Wildman–Crippen LogP) is 17.5. The topological polar surface area (TPSA) is 259 Å². The molecular formula is C72H104Mn2N10O4. The molecule has 88 heavy (non-hydrogen) atoms. The van der Waals surface area contributed by atoms with Crippen LogP contribution in [-0.4, -0.2) is 49.0 Å². The van der Waals surface area contributed by atoms with Gasteiger partial charge in [-0.15, -0.1) is 0 Å². The molecule has 0 amide bonds. The van der Waals surface area contributed by atoms with Crippen molar-refractivity contribution in [2.24, 2.45) is 20.0 Å². The Labute approximate surface area is 551 Å². The third kappa shape index (κ3) is 23.0. The number of hydrogen-bond acceptors (Lipinski definition) is 8. The molecule has 0 saturated heterocycles. The van der Waals surface area contributed by atoms with Crippen molar-refractivity contribution >= 4 is 24.9 Å². The fraction of sp³-hybridized carbons (Fsp3) is 0.611. The van der Waals surface area contributed by atoms with Crippen molar-refractivity contribution in [3.05, 3.63) is 147 Å². The third-order valence-electron chi connectivity index (χ3n) is 16.2. The molecule has 4 aromatic rings. The molecule has 0 unspecified atom stereocenters. The summed E-state index contributed by atoms with van der Waals surface area (Å²) in [7, 11) is 0. The van der Waals surface area contributed by atoms with Crippen LogP contribution in [0.2, 0.25) is 0 Å². The van der Waals surface area contributed by atoms with E-state index in [1.807, 2.05) is 24.3 Å². The van der Waals surface area contributed by atoms with E-state index in [0.29, 0.717) is 22.3 Å². The van der Waals surface area contributed by atoms with Crippen LogP contribution >= 0.6 is 0 Å². The predicted molar refractivity (Wildman–Crippen MR) is 356 cm³/mol. The van der Waals surface area contributed by atoms with Crippen LogP contribution in [0, 0.1) is 0 Å². The first-order valence-corrected chi connectivity index (χ1v) is 30.8. The monoisotopic (exact) mass is 1280 g/mol. The second kappa shape index (κ2) is 31.9. The summed E-state index contributed by atoms with van der Waals surface area (Å²) in [4.78, 5) is 22.9. The van der Waals surface area contributed by atoms with Crippen molar-refractivity contribution in [2.75, 3.05) is 0 Å². The number of nitrogens with zero attached hydrogens (tertiary/aromatic N) is 10. The summed E-state index contributed by atoms with van der Waals surface area (Å²) >= 11 is 0. The van der Waals surface area contributed by atoms with E-state index < -0.39 is 0 Å². The van der Waals surface area contributed by atoms with Gasteiger partial charge in [-0.05, 0) is 136 Å². The molecule has 14 nitrogen and oxygen atoms in total. The van der Waals surface area contributed by atoms with Crippen LogP contribution in [-0.2, 0) is 77.5 Å². The molecule has 0 bridgehead atoms. The van der Waals surface area contributed by atoms with Gasteiger partial charge in [-0.3, -0.25) is 29.8 Å². The summed E-state index contributed by atoms with van der Waals surface area (Å²) in [5.41, 5.74) is 36.2. The maximum atomic E-state index is 13.5. The summed E-state index contributed by atoms with van der Waals surface area (Å²) in [6, 6.07) is 16.3. The Morgan fingerprint density at radius 2 is 0.455 bits per heavy atom. The van der Waals surface area contributed by atoms with Gasteiger partial charge in [-0.1, -0.05) is 263 Å². The van der Waals surface area contributed by atoms with Crippen LogP contribution in [0.3, 0.4) is 0 Å². The van der Waals surface area contributed by atoms with E-state index in [1.54, 1.807) is 24.9 Å². The minimum atomic E-state index is -0.248. The SMILES string of the molecule is CC(C)(C)c1cc(C=N[C@@H]2CCCC[C@H]2N=Cc2cc(C(C)(C)C)cc(C(C)(C)C)c2[O-])c([O-])c(C(C)(C)C)c1.CC(C)(C)c1cc(C=N[C@@H]2CCCC[C@H]2N=Cc2cc(C(C)(C)C)cc(C(C)(C)C)c2[O-])c([O-])c(C(C)(C)C)c1.[Mn+3].[Mn+3].[N-]=[N+]=[N-].[N-]=[N+]=[N-]. The quantitative estimate of drug-likeness (QED) is 0.0548. The van der Waals surface area contributed by atoms with Crippen LogP contribution in [0.25, 0.3) is 31.9 Å². The molecule has 4 atom stereocenters. The van der Waals surface area contributed by atoms with Gasteiger partial charge in [-0.25, -0.2) is 0 Å². The normalized spacial score (nSPS) is 18.0. The second-order valence-corrected chi connectivity index (χ2v) is 31.9. The second-order valence-electron chi connectivity index (χ2n) is 31.9. The van der Waals surface area contributed by atoms with Gasteiger partial charge in [0.25, 0.3) is 0 Å².